The molecule has 0 atom stereocenters. The minimum atomic E-state index is 0.0766. The quantitative estimate of drug-likeness (QED) is 0.762. The van der Waals surface area contributed by atoms with Crippen LogP contribution in [0.25, 0.3) is 0 Å². The van der Waals surface area contributed by atoms with E-state index in [1.165, 1.54) is 19.3 Å². The maximum atomic E-state index is 5.94. The molecule has 0 amide bonds. The highest BCUT2D eigenvalue weighted by atomic mass is 16.5. The summed E-state index contributed by atoms with van der Waals surface area (Å²) in [6, 6.07) is 6.14. The van der Waals surface area contributed by atoms with Gasteiger partial charge in [-0.15, -0.1) is 0 Å². The summed E-state index contributed by atoms with van der Waals surface area (Å²) in [4.78, 5) is 6.84. The van der Waals surface area contributed by atoms with Crippen LogP contribution in [0, 0.1) is 5.41 Å². The standard InChI is InChI=1S/C15H22N2O/c1-14(2)11-15(12-18-14)6-9-17(10-7-15)13-5-3-4-8-16-13/h3-5,8H,6-7,9-12H2,1-2H3. The first-order chi connectivity index (χ1) is 8.59. The summed E-state index contributed by atoms with van der Waals surface area (Å²) in [6.45, 7) is 7.59. The number of anilines is 1. The van der Waals surface area contributed by atoms with E-state index >= 15 is 0 Å². The van der Waals surface area contributed by atoms with Crippen molar-refractivity contribution in [2.75, 3.05) is 24.6 Å². The lowest BCUT2D eigenvalue weighted by Crippen LogP contribution is -2.41. The zero-order valence-electron chi connectivity index (χ0n) is 11.4. The van der Waals surface area contributed by atoms with Gasteiger partial charge in [0.15, 0.2) is 0 Å². The molecule has 18 heavy (non-hydrogen) atoms. The molecule has 2 aliphatic heterocycles. The molecule has 0 aromatic carbocycles. The van der Waals surface area contributed by atoms with Crippen LogP contribution in [0.3, 0.4) is 0 Å². The maximum absolute atomic E-state index is 5.94. The molecular weight excluding hydrogens is 224 g/mol. The molecule has 0 N–H and O–H groups in total. The summed E-state index contributed by atoms with van der Waals surface area (Å²) in [7, 11) is 0. The molecule has 1 aromatic heterocycles. The summed E-state index contributed by atoms with van der Waals surface area (Å²) in [5.41, 5.74) is 0.502. The third-order valence-electron chi connectivity index (χ3n) is 4.37. The van der Waals surface area contributed by atoms with Crippen molar-refractivity contribution >= 4 is 5.82 Å². The van der Waals surface area contributed by atoms with E-state index in [0.29, 0.717) is 5.41 Å². The van der Waals surface area contributed by atoms with Gasteiger partial charge in [0.2, 0.25) is 0 Å². The van der Waals surface area contributed by atoms with Crippen LogP contribution in [-0.4, -0.2) is 30.3 Å². The van der Waals surface area contributed by atoms with Crippen molar-refractivity contribution in [1.29, 1.82) is 0 Å². The van der Waals surface area contributed by atoms with Crippen LogP contribution < -0.4 is 4.90 Å². The molecule has 2 saturated heterocycles. The van der Waals surface area contributed by atoms with Crippen LogP contribution in [-0.2, 0) is 4.74 Å². The van der Waals surface area contributed by atoms with Crippen molar-refractivity contribution in [3.8, 4) is 0 Å². The average Bonchev–Trinajstić information content (AvgIpc) is 2.67. The molecule has 2 fully saturated rings. The van der Waals surface area contributed by atoms with Crippen molar-refractivity contribution < 1.29 is 4.74 Å². The molecule has 0 aliphatic carbocycles. The fourth-order valence-electron chi connectivity index (χ4n) is 3.43. The normalized spacial score (nSPS) is 25.6. The first-order valence-corrected chi connectivity index (χ1v) is 6.89. The third kappa shape index (κ3) is 2.24. The first kappa shape index (κ1) is 12.0. The molecule has 3 nitrogen and oxygen atoms in total. The second-order valence-electron chi connectivity index (χ2n) is 6.40. The predicted octanol–water partition coefficient (Wildman–Crippen LogP) is 2.87. The van der Waals surface area contributed by atoms with Gasteiger partial charge in [-0.3, -0.25) is 0 Å². The number of hydrogen-bond donors (Lipinski definition) is 0. The van der Waals surface area contributed by atoms with Crippen LogP contribution in [0.1, 0.15) is 33.1 Å². The smallest absolute Gasteiger partial charge is 0.128 e. The SMILES string of the molecule is CC1(C)CC2(CCN(c3ccccn3)CC2)CO1. The summed E-state index contributed by atoms with van der Waals surface area (Å²) >= 11 is 0. The molecule has 3 heterocycles. The van der Waals surface area contributed by atoms with Crippen molar-refractivity contribution in [3.05, 3.63) is 24.4 Å². The highest BCUT2D eigenvalue weighted by Crippen LogP contribution is 2.46. The predicted molar refractivity (Wildman–Crippen MR) is 72.8 cm³/mol. The molecule has 0 unspecified atom stereocenters. The van der Waals surface area contributed by atoms with Crippen LogP contribution in [0.4, 0.5) is 5.82 Å². The van der Waals surface area contributed by atoms with Gasteiger partial charge in [-0.25, -0.2) is 4.98 Å². The third-order valence-corrected chi connectivity index (χ3v) is 4.37. The Balaban J connectivity index is 1.65. The van der Waals surface area contributed by atoms with Crippen molar-refractivity contribution in [2.45, 2.75) is 38.7 Å². The van der Waals surface area contributed by atoms with Crippen LogP contribution >= 0.6 is 0 Å². The second-order valence-corrected chi connectivity index (χ2v) is 6.40. The van der Waals surface area contributed by atoms with Gasteiger partial charge in [0.25, 0.3) is 0 Å². The Bertz CT molecular complexity index is 408. The number of pyridine rings is 1. The van der Waals surface area contributed by atoms with Gasteiger partial charge < -0.3 is 9.64 Å². The lowest BCUT2D eigenvalue weighted by molar-refractivity contribution is 0.0295. The fraction of sp³-hybridized carbons (Fsp3) is 0.667. The van der Waals surface area contributed by atoms with Crippen LogP contribution in [0.15, 0.2) is 24.4 Å². The Labute approximate surface area is 109 Å². The molecule has 0 radical (unpaired) electrons. The van der Waals surface area contributed by atoms with Gasteiger partial charge in [0.05, 0.1) is 12.2 Å². The lowest BCUT2D eigenvalue weighted by Gasteiger charge is -2.39. The molecule has 3 rings (SSSR count). The van der Waals surface area contributed by atoms with Gasteiger partial charge in [-0.2, -0.15) is 0 Å². The molecule has 1 spiro atoms. The number of nitrogens with zero attached hydrogens (tertiary/aromatic N) is 2. The van der Waals surface area contributed by atoms with Gasteiger partial charge >= 0.3 is 0 Å². The van der Waals surface area contributed by atoms with E-state index in [1.807, 2.05) is 12.3 Å². The number of aromatic nitrogens is 1. The van der Waals surface area contributed by atoms with Gasteiger partial charge in [-0.1, -0.05) is 6.07 Å². The van der Waals surface area contributed by atoms with E-state index in [1.54, 1.807) is 0 Å². The summed E-state index contributed by atoms with van der Waals surface area (Å²) in [6.07, 6.45) is 5.54. The van der Waals surface area contributed by atoms with E-state index in [0.717, 1.165) is 25.5 Å². The van der Waals surface area contributed by atoms with Crippen molar-refractivity contribution in [3.63, 3.8) is 0 Å². The summed E-state index contributed by atoms with van der Waals surface area (Å²) in [5.74, 6) is 1.12. The fourth-order valence-corrected chi connectivity index (χ4v) is 3.43. The Kier molecular flexibility index (Phi) is 2.81. The van der Waals surface area contributed by atoms with E-state index in [9.17, 15) is 0 Å². The molecule has 0 saturated carbocycles. The number of ether oxygens (including phenoxy) is 1. The topological polar surface area (TPSA) is 25.4 Å². The van der Waals surface area contributed by atoms with Crippen molar-refractivity contribution in [1.82, 2.24) is 4.98 Å². The van der Waals surface area contributed by atoms with Gasteiger partial charge in [0.1, 0.15) is 5.82 Å². The number of hydrogen-bond acceptors (Lipinski definition) is 3. The molecule has 1 aromatic rings. The minimum absolute atomic E-state index is 0.0766. The molecule has 3 heteroatoms. The lowest BCUT2D eigenvalue weighted by atomic mass is 9.74. The average molecular weight is 246 g/mol. The highest BCUT2D eigenvalue weighted by Gasteiger charge is 2.45. The summed E-state index contributed by atoms with van der Waals surface area (Å²) < 4.78 is 5.94. The van der Waals surface area contributed by atoms with Crippen LogP contribution in [0.2, 0.25) is 0 Å². The number of piperidine rings is 1. The molecule has 98 valence electrons. The Morgan fingerprint density at radius 2 is 2.00 bits per heavy atom. The van der Waals surface area contributed by atoms with E-state index in [2.05, 4.69) is 35.9 Å². The Hall–Kier alpha value is -1.09. The van der Waals surface area contributed by atoms with E-state index < -0.39 is 0 Å². The van der Waals surface area contributed by atoms with E-state index in [4.69, 9.17) is 4.74 Å². The summed E-state index contributed by atoms with van der Waals surface area (Å²) in [5, 5.41) is 0. The van der Waals surface area contributed by atoms with Gasteiger partial charge in [-0.05, 0) is 50.7 Å². The molecule has 2 aliphatic rings. The largest absolute Gasteiger partial charge is 0.375 e. The zero-order chi connectivity index (χ0) is 12.6. The minimum Gasteiger partial charge on any atom is -0.375 e. The van der Waals surface area contributed by atoms with Gasteiger partial charge in [0, 0.05) is 19.3 Å². The second kappa shape index (κ2) is 4.23. The van der Waals surface area contributed by atoms with E-state index in [-0.39, 0.29) is 5.60 Å². The first-order valence-electron chi connectivity index (χ1n) is 6.89. The maximum Gasteiger partial charge on any atom is 0.128 e. The Morgan fingerprint density at radius 3 is 2.56 bits per heavy atom. The van der Waals surface area contributed by atoms with Crippen LogP contribution in [0.5, 0.6) is 0 Å². The monoisotopic (exact) mass is 246 g/mol. The van der Waals surface area contributed by atoms with Crippen molar-refractivity contribution in [2.24, 2.45) is 5.41 Å². The molecular formula is C15H22N2O. The highest BCUT2D eigenvalue weighted by molar-refractivity contribution is 5.38. The Morgan fingerprint density at radius 1 is 1.22 bits per heavy atom. The number of rotatable bonds is 1. The zero-order valence-corrected chi connectivity index (χ0v) is 11.4. The molecule has 0 bridgehead atoms.